The number of amides is 1. The highest BCUT2D eigenvalue weighted by atomic mass is 32.2. The van der Waals surface area contributed by atoms with Gasteiger partial charge in [-0.1, -0.05) is 54.2 Å². The third-order valence-corrected chi connectivity index (χ3v) is 7.04. The van der Waals surface area contributed by atoms with E-state index in [1.807, 2.05) is 6.07 Å². The van der Waals surface area contributed by atoms with Crippen molar-refractivity contribution in [1.82, 2.24) is 24.9 Å². The molecule has 1 unspecified atom stereocenters. The number of nitrogens with one attached hydrogen (secondary N) is 1. The number of aryl methyl sites for hydroxylation is 1. The maximum absolute atomic E-state index is 13.1. The van der Waals surface area contributed by atoms with E-state index in [1.54, 1.807) is 43.3 Å². The minimum absolute atomic E-state index is 0.0251. The van der Waals surface area contributed by atoms with Gasteiger partial charge >= 0.3 is 0 Å². The molecule has 1 aromatic heterocycles. The van der Waals surface area contributed by atoms with E-state index >= 15 is 0 Å². The van der Waals surface area contributed by atoms with Gasteiger partial charge in [0.05, 0.1) is 5.56 Å². The Bertz CT molecular complexity index is 1070. The largest absolute Gasteiger partial charge is 0.270 e. The summed E-state index contributed by atoms with van der Waals surface area (Å²) in [6.45, 7) is 1.72. The average molecular weight is 387 g/mol. The first-order valence-corrected chi connectivity index (χ1v) is 9.95. The van der Waals surface area contributed by atoms with Crippen LogP contribution >= 0.6 is 11.8 Å². The Kier molecular flexibility index (Phi) is 4.00. The van der Waals surface area contributed by atoms with Gasteiger partial charge in [0.15, 0.2) is 0 Å². The van der Waals surface area contributed by atoms with Crippen LogP contribution in [0.2, 0.25) is 0 Å². The number of rotatable bonds is 4. The van der Waals surface area contributed by atoms with E-state index in [4.69, 9.17) is 0 Å². The Balaban J connectivity index is 1.87. The summed E-state index contributed by atoms with van der Waals surface area (Å²) >= 11 is 1.04. The Hall–Kier alpha value is -2.72. The van der Waals surface area contributed by atoms with Crippen LogP contribution in [0.15, 0.2) is 58.6 Å². The van der Waals surface area contributed by atoms with Crippen LogP contribution in [0.3, 0.4) is 0 Å². The third-order valence-electron chi connectivity index (χ3n) is 4.03. The number of tetrazole rings is 1. The van der Waals surface area contributed by atoms with Crippen molar-refractivity contribution in [2.75, 3.05) is 0 Å². The van der Waals surface area contributed by atoms with Crippen molar-refractivity contribution < 1.29 is 13.2 Å². The summed E-state index contributed by atoms with van der Waals surface area (Å²) in [6.07, 6.45) is 0. The number of hydrogen-bond acceptors (Lipinski definition) is 7. The fourth-order valence-corrected chi connectivity index (χ4v) is 5.85. The average Bonchev–Trinajstić information content (AvgIpc) is 3.20. The molecule has 26 heavy (non-hydrogen) atoms. The van der Waals surface area contributed by atoms with Gasteiger partial charge in [-0.25, -0.2) is 12.7 Å². The summed E-state index contributed by atoms with van der Waals surface area (Å²) in [6, 6.07) is 13.7. The standard InChI is InChI=1S/C16H13N5O3S2/c1-10-6-5-9-12-13(10)14(22)21(26(12,23)24)15(11-7-3-2-4-8-11)25-16-17-19-20-18-16/h2-9,15H,1H3,(H,17,18,19,20). The van der Waals surface area contributed by atoms with E-state index in [2.05, 4.69) is 20.6 Å². The van der Waals surface area contributed by atoms with Crippen LogP contribution in [0, 0.1) is 6.92 Å². The molecular weight excluding hydrogens is 374 g/mol. The quantitative estimate of drug-likeness (QED) is 0.683. The van der Waals surface area contributed by atoms with E-state index < -0.39 is 21.3 Å². The number of aromatic amines is 1. The molecule has 1 aliphatic heterocycles. The number of hydrogen-bond donors (Lipinski definition) is 1. The maximum atomic E-state index is 13.1. The number of carbonyl (C=O) groups is 1. The molecule has 0 saturated carbocycles. The summed E-state index contributed by atoms with van der Waals surface area (Å²) in [4.78, 5) is 13.1. The van der Waals surface area contributed by atoms with Crippen molar-refractivity contribution in [2.24, 2.45) is 0 Å². The number of benzene rings is 2. The van der Waals surface area contributed by atoms with Gasteiger partial charge in [0.1, 0.15) is 10.3 Å². The Morgan fingerprint density at radius 1 is 1.12 bits per heavy atom. The van der Waals surface area contributed by atoms with Gasteiger partial charge in [-0.05, 0) is 29.3 Å². The number of sulfonamides is 1. The van der Waals surface area contributed by atoms with Gasteiger partial charge in [-0.15, -0.1) is 10.2 Å². The lowest BCUT2D eigenvalue weighted by molar-refractivity contribution is 0.0861. The predicted molar refractivity (Wildman–Crippen MR) is 93.8 cm³/mol. The summed E-state index contributed by atoms with van der Waals surface area (Å²) in [5, 5.41) is 13.0. The second kappa shape index (κ2) is 6.22. The molecule has 4 rings (SSSR count). The lowest BCUT2D eigenvalue weighted by Crippen LogP contribution is -2.33. The number of aromatic nitrogens is 4. The van der Waals surface area contributed by atoms with Crippen LogP contribution < -0.4 is 0 Å². The van der Waals surface area contributed by atoms with Crippen molar-refractivity contribution in [3.05, 3.63) is 65.2 Å². The zero-order valence-electron chi connectivity index (χ0n) is 13.5. The lowest BCUT2D eigenvalue weighted by atomic mass is 10.1. The molecule has 10 heteroatoms. The zero-order valence-corrected chi connectivity index (χ0v) is 15.2. The van der Waals surface area contributed by atoms with Crippen LogP contribution in [-0.2, 0) is 10.0 Å². The summed E-state index contributed by atoms with van der Waals surface area (Å²) in [7, 11) is -3.99. The molecule has 3 aromatic rings. The van der Waals surface area contributed by atoms with Crippen molar-refractivity contribution >= 4 is 27.7 Å². The smallest absolute Gasteiger partial charge is 0.268 e. The maximum Gasteiger partial charge on any atom is 0.270 e. The van der Waals surface area contributed by atoms with Crippen molar-refractivity contribution in [2.45, 2.75) is 22.3 Å². The lowest BCUT2D eigenvalue weighted by Gasteiger charge is -2.25. The fraction of sp³-hybridized carbons (Fsp3) is 0.125. The number of fused-ring (bicyclic) bond motifs is 1. The normalized spacial score (nSPS) is 16.5. The van der Waals surface area contributed by atoms with Crippen molar-refractivity contribution in [3.8, 4) is 0 Å². The number of nitrogens with zero attached hydrogens (tertiary/aromatic N) is 4. The Morgan fingerprint density at radius 2 is 1.88 bits per heavy atom. The summed E-state index contributed by atoms with van der Waals surface area (Å²) < 4.78 is 27.1. The molecule has 0 saturated heterocycles. The third kappa shape index (κ3) is 2.58. The van der Waals surface area contributed by atoms with E-state index in [0.717, 1.165) is 16.1 Å². The Morgan fingerprint density at radius 3 is 2.54 bits per heavy atom. The van der Waals surface area contributed by atoms with E-state index in [9.17, 15) is 13.2 Å². The second-order valence-corrected chi connectivity index (χ2v) is 8.46. The van der Waals surface area contributed by atoms with Crippen LogP contribution in [0.25, 0.3) is 0 Å². The van der Waals surface area contributed by atoms with Crippen LogP contribution in [0.1, 0.15) is 26.9 Å². The van der Waals surface area contributed by atoms with Gasteiger partial charge in [0.2, 0.25) is 5.16 Å². The number of thioether (sulfide) groups is 1. The van der Waals surface area contributed by atoms with Gasteiger partial charge in [0.25, 0.3) is 15.9 Å². The summed E-state index contributed by atoms with van der Waals surface area (Å²) in [5.74, 6) is -0.553. The van der Waals surface area contributed by atoms with Crippen LogP contribution in [0.5, 0.6) is 0 Å². The highest BCUT2D eigenvalue weighted by Gasteiger charge is 2.47. The van der Waals surface area contributed by atoms with Gasteiger partial charge < -0.3 is 0 Å². The monoisotopic (exact) mass is 387 g/mol. The first-order valence-electron chi connectivity index (χ1n) is 7.63. The minimum Gasteiger partial charge on any atom is -0.268 e. The molecule has 1 N–H and O–H groups in total. The van der Waals surface area contributed by atoms with Crippen molar-refractivity contribution in [1.29, 1.82) is 0 Å². The molecule has 1 aliphatic rings. The van der Waals surface area contributed by atoms with E-state index in [0.29, 0.717) is 11.1 Å². The Labute approximate surface area is 153 Å². The molecule has 0 radical (unpaired) electrons. The number of H-pyrrole nitrogens is 1. The molecule has 1 amide bonds. The molecule has 8 nitrogen and oxygen atoms in total. The van der Waals surface area contributed by atoms with Gasteiger partial charge in [-0.2, -0.15) is 5.21 Å². The SMILES string of the molecule is Cc1cccc2c1C(=O)N(C(Sc1nn[nH]n1)c1ccccc1)S2(=O)=O. The molecule has 2 heterocycles. The second-order valence-electron chi connectivity index (χ2n) is 5.63. The molecule has 1 atom stereocenters. The topological polar surface area (TPSA) is 109 Å². The molecule has 132 valence electrons. The fourth-order valence-electron chi connectivity index (χ4n) is 2.86. The minimum atomic E-state index is -3.99. The van der Waals surface area contributed by atoms with E-state index in [-0.39, 0.29) is 15.6 Å². The molecule has 0 spiro atoms. The molecule has 0 fully saturated rings. The predicted octanol–water partition coefficient (Wildman–Crippen LogP) is 2.14. The molecule has 0 aliphatic carbocycles. The summed E-state index contributed by atoms with van der Waals surface area (Å²) in [5.41, 5.74) is 1.47. The molecule has 0 bridgehead atoms. The van der Waals surface area contributed by atoms with Crippen LogP contribution in [-0.4, -0.2) is 39.3 Å². The van der Waals surface area contributed by atoms with Gasteiger partial charge in [-0.3, -0.25) is 4.79 Å². The molecular formula is C16H13N5O3S2. The molecule has 2 aromatic carbocycles. The number of carbonyl (C=O) groups excluding carboxylic acids is 1. The van der Waals surface area contributed by atoms with Crippen LogP contribution in [0.4, 0.5) is 0 Å². The van der Waals surface area contributed by atoms with Gasteiger partial charge in [0, 0.05) is 0 Å². The first-order chi connectivity index (χ1) is 12.5. The highest BCUT2D eigenvalue weighted by Crippen LogP contribution is 2.44. The first kappa shape index (κ1) is 16.7. The van der Waals surface area contributed by atoms with Crippen molar-refractivity contribution in [3.63, 3.8) is 0 Å². The zero-order chi connectivity index (χ0) is 18.3. The van der Waals surface area contributed by atoms with E-state index in [1.165, 1.54) is 6.07 Å². The highest BCUT2D eigenvalue weighted by molar-refractivity contribution is 8.00.